The molecule has 140 heavy (non-hydrogen) atoms. The number of nitrogens with one attached hydrogen (secondary N) is 3. The van der Waals surface area contributed by atoms with Gasteiger partial charge in [-0.3, -0.25) is 34.2 Å². The van der Waals surface area contributed by atoms with Gasteiger partial charge in [0.25, 0.3) is 11.4 Å². The fraction of sp³-hybridized carbons (Fsp3) is 0.346. The summed E-state index contributed by atoms with van der Waals surface area (Å²) in [6.45, 7) is 49.3. The second kappa shape index (κ2) is 44.9. The molecule has 5 aliphatic rings. The van der Waals surface area contributed by atoms with Crippen molar-refractivity contribution in [2.75, 3.05) is 86.8 Å². The molecule has 0 saturated carbocycles. The largest absolute Gasteiger partial charge is 0.471 e. The van der Waals surface area contributed by atoms with E-state index in [-0.39, 0.29) is 66.0 Å². The van der Waals surface area contributed by atoms with Crippen LogP contribution in [-0.4, -0.2) is 182 Å². The van der Waals surface area contributed by atoms with Crippen molar-refractivity contribution in [1.82, 2.24) is 45.2 Å². The molecular formula is C104H118Br2N22O12. The number of nitrogens with two attached hydrogens (primary N) is 3. The zero-order chi connectivity index (χ0) is 102. The monoisotopic (exact) mass is 2020 g/mol. The number of aliphatic imine (C=N–C) groups is 5. The Bertz CT molecular complexity index is 6760. The number of halogens is 2. The maximum atomic E-state index is 12.6. The molecule has 0 unspecified atom stereocenters. The van der Waals surface area contributed by atoms with Gasteiger partial charge in [-0.2, -0.15) is 19.9 Å². The quantitative estimate of drug-likeness (QED) is 0.00866. The standard InChI is InChI=1S/C35H39N9O5.C21H27N3O3.C14H18N2O2.C13H14N6O.C11H10BrNO.C10H10BrN/c1-34(2,3)49-31(45)26(37-6)17-27-35(4,5)24-16-23(12-13-25(24)41-27)44(7)14-15-47-33(46)38-18-21-8-10-22(11-9-21)19-48-30-28-29(40-20-39-28)42-32(36)43-30;1-20(2,3)27-19(26)17(22-6)13-18-21(4,5)15-12-14(24(7)10-11-25)8-9-16(15)23-18;1-14(2)11-8-10(16(3)6-7-17)4-5-12(11)15-13(14)9-18;14-5-8-1-3-9(4-2-8)6-20-12-10-11(17-7-16-10)18-13(15)19-12;1-11(2)8-5-7(12)3-4-9(8)13-10(11)6-14;1-10(2)6-12-9-4-3-7(11)5-8(9)10/h8-13,16-17,20H,14-15,18-19H2,1-5,7H3,(H,38,46)(H3,36,39,40,42,43);8-9,12-13,25H,10-11H2,1-5,7H3;4-5,8-9,17H,6-7H2,1-3H3;1-4,7H,5-6,14H2,(H3,15,16,17,18,19);3-6H,1-2H3;3-6H,1-2H3/b26-17-;17-13-;;;;. The van der Waals surface area contributed by atoms with Crippen LogP contribution in [0.25, 0.3) is 32.0 Å². The molecule has 5 aliphatic heterocycles. The predicted octanol–water partition coefficient (Wildman–Crippen LogP) is 18.1. The molecule has 0 fully saturated rings. The second-order valence-corrected chi connectivity index (χ2v) is 39.8. The van der Waals surface area contributed by atoms with E-state index in [0.717, 1.165) is 112 Å². The summed E-state index contributed by atoms with van der Waals surface area (Å²) in [4.78, 5) is 124. The number of aliphatic hydroxyl groups is 2. The fourth-order valence-electron chi connectivity index (χ4n) is 15.1. The Kier molecular flexibility index (Phi) is 34.0. The number of nitrogens with zero attached hydrogens (tertiary/aromatic N) is 16. The average molecular weight is 2030 g/mol. The number of ether oxygens (including phenoxy) is 5. The van der Waals surface area contributed by atoms with Crippen LogP contribution in [0.3, 0.4) is 0 Å². The average Bonchev–Trinajstić information content (AvgIpc) is 1.62. The van der Waals surface area contributed by atoms with Gasteiger partial charge in [0, 0.05) is 118 Å². The number of aliphatic hydroxyl groups excluding tert-OH is 2. The number of hydrogen-bond donors (Lipinski definition) is 8. The first kappa shape index (κ1) is 106. The van der Waals surface area contributed by atoms with Crippen LogP contribution in [0.5, 0.6) is 11.8 Å². The molecule has 0 atom stereocenters. The van der Waals surface area contributed by atoms with E-state index in [1.807, 2.05) is 231 Å². The minimum atomic E-state index is -0.713. The lowest BCUT2D eigenvalue weighted by molar-refractivity contribution is -0.150. The summed E-state index contributed by atoms with van der Waals surface area (Å²) in [5.41, 5.74) is 35.1. The van der Waals surface area contributed by atoms with E-state index in [9.17, 15) is 24.0 Å². The maximum absolute atomic E-state index is 12.6. The van der Waals surface area contributed by atoms with Crippen molar-refractivity contribution in [2.45, 2.75) is 175 Å². The number of aromatic nitrogens is 8. The van der Waals surface area contributed by atoms with Crippen LogP contribution >= 0.6 is 31.9 Å². The first-order chi connectivity index (χ1) is 66.1. The number of aldehydes is 2. The Morgan fingerprint density at radius 1 is 0.486 bits per heavy atom. The van der Waals surface area contributed by atoms with Crippen molar-refractivity contribution in [3.63, 3.8) is 0 Å². The van der Waals surface area contributed by atoms with E-state index in [1.54, 1.807) is 41.5 Å². The highest BCUT2D eigenvalue weighted by Crippen LogP contribution is 2.47. The Balaban J connectivity index is 0.000000174. The highest BCUT2D eigenvalue weighted by molar-refractivity contribution is 9.10. The van der Waals surface area contributed by atoms with Gasteiger partial charge >= 0.3 is 18.0 Å². The summed E-state index contributed by atoms with van der Waals surface area (Å²) < 4.78 is 29.8. The number of carbonyl (C=O) groups excluding carboxylic acids is 5. The summed E-state index contributed by atoms with van der Waals surface area (Å²) in [6, 6.07) is 45.3. The molecule has 730 valence electrons. The van der Waals surface area contributed by atoms with E-state index < -0.39 is 40.1 Å². The van der Waals surface area contributed by atoms with Crippen molar-refractivity contribution in [1.29, 1.82) is 0 Å². The van der Waals surface area contributed by atoms with Gasteiger partial charge in [0.2, 0.25) is 23.7 Å². The number of hydrogen-bond acceptors (Lipinski definition) is 29. The van der Waals surface area contributed by atoms with Crippen molar-refractivity contribution >= 4 is 171 Å². The third kappa shape index (κ3) is 26.3. The molecule has 36 heteroatoms. The number of allylic oxidation sites excluding steroid dienone is 2. The number of benzene rings is 7. The van der Waals surface area contributed by atoms with Crippen molar-refractivity contribution in [2.24, 2.45) is 30.7 Å². The van der Waals surface area contributed by atoms with Gasteiger partial charge in [-0.15, -0.1) is 0 Å². The minimum Gasteiger partial charge on any atom is -0.471 e. The molecular weight excluding hydrogens is 1910 g/mol. The van der Waals surface area contributed by atoms with Crippen LogP contribution in [-0.2, 0) is 86.8 Å². The third-order valence-corrected chi connectivity index (χ3v) is 24.4. The number of alkyl carbamates (subject to hydrolysis) is 1. The molecule has 34 nitrogen and oxygen atoms in total. The molecule has 4 aromatic heterocycles. The summed E-state index contributed by atoms with van der Waals surface area (Å²) in [7, 11) is 5.76. The minimum absolute atomic E-state index is 0.0751. The van der Waals surface area contributed by atoms with Crippen molar-refractivity contribution < 1.29 is 57.9 Å². The summed E-state index contributed by atoms with van der Waals surface area (Å²) in [5.74, 6) is -0.386. The molecule has 0 aliphatic carbocycles. The van der Waals surface area contributed by atoms with Gasteiger partial charge in [-0.25, -0.2) is 34.4 Å². The lowest BCUT2D eigenvalue weighted by Gasteiger charge is -2.24. The topological polar surface area (TPSA) is 451 Å². The molecule has 11 aromatic rings. The lowest BCUT2D eigenvalue weighted by Crippen LogP contribution is -2.29. The predicted molar refractivity (Wildman–Crippen MR) is 556 cm³/mol. The van der Waals surface area contributed by atoms with Gasteiger partial charge in [0.1, 0.15) is 42.1 Å². The molecule has 0 radical (unpaired) electrons. The first-order valence-corrected chi connectivity index (χ1v) is 46.5. The van der Waals surface area contributed by atoms with Crippen LogP contribution in [0.2, 0.25) is 0 Å². The molecule has 0 saturated heterocycles. The van der Waals surface area contributed by atoms with Crippen LogP contribution in [0.4, 0.5) is 62.2 Å². The number of fused-ring (bicyclic) bond motifs is 7. The highest BCUT2D eigenvalue weighted by atomic mass is 79.9. The van der Waals surface area contributed by atoms with E-state index >= 15 is 0 Å². The Morgan fingerprint density at radius 3 is 1.23 bits per heavy atom. The summed E-state index contributed by atoms with van der Waals surface area (Å²) in [5, 5.41) is 20.9. The number of esters is 2. The smallest absolute Gasteiger partial charge is 0.407 e. The van der Waals surface area contributed by atoms with Gasteiger partial charge in [-0.05, 0) is 222 Å². The van der Waals surface area contributed by atoms with Crippen molar-refractivity contribution in [3.05, 3.63) is 258 Å². The summed E-state index contributed by atoms with van der Waals surface area (Å²) in [6.07, 6.45) is 9.22. The number of nitrogen functional groups attached to an aromatic ring is 2. The number of H-pyrrole nitrogens is 2. The van der Waals surface area contributed by atoms with Crippen LogP contribution < -0.4 is 46.7 Å². The number of rotatable bonds is 25. The number of anilines is 5. The normalized spacial score (nSPS) is 14.7. The zero-order valence-corrected chi connectivity index (χ0v) is 85.2. The molecule has 1 amide bonds. The number of aromatic amines is 2. The van der Waals surface area contributed by atoms with Crippen LogP contribution in [0, 0.1) is 13.1 Å². The van der Waals surface area contributed by atoms with E-state index in [1.165, 1.54) is 30.4 Å². The van der Waals surface area contributed by atoms with E-state index in [4.69, 9.17) is 69.2 Å². The molecule has 0 bridgehead atoms. The Hall–Kier alpha value is -14.6. The number of imidazole rings is 2. The molecule has 11 N–H and O–H groups in total. The summed E-state index contributed by atoms with van der Waals surface area (Å²) >= 11 is 6.88. The molecule has 16 rings (SSSR count). The Morgan fingerprint density at radius 2 is 0.843 bits per heavy atom. The first-order valence-electron chi connectivity index (χ1n) is 45.0. The van der Waals surface area contributed by atoms with Gasteiger partial charge in [-0.1, -0.05) is 122 Å². The molecule has 7 aromatic carbocycles. The maximum Gasteiger partial charge on any atom is 0.407 e. The number of likely N-dealkylation sites (N-methyl/N-ethyl adjacent to an activating group) is 3. The molecule has 9 heterocycles. The van der Waals surface area contributed by atoms with E-state index in [2.05, 4.69) is 127 Å². The van der Waals surface area contributed by atoms with Crippen LogP contribution in [0.1, 0.15) is 161 Å². The highest BCUT2D eigenvalue weighted by Gasteiger charge is 2.40. The zero-order valence-electron chi connectivity index (χ0n) is 82.0. The Labute approximate surface area is 831 Å². The fourth-order valence-corrected chi connectivity index (χ4v) is 15.8. The van der Waals surface area contributed by atoms with Gasteiger partial charge in [0.05, 0.1) is 85.4 Å². The number of amides is 1. The number of carbonyl (C=O) groups is 5. The van der Waals surface area contributed by atoms with E-state index in [0.29, 0.717) is 96.3 Å². The van der Waals surface area contributed by atoms with Gasteiger partial charge < -0.3 is 81.1 Å². The SMILES string of the molecule is CC1(C)C(C=O)=Nc2ccc(Br)cc21.CC1(C)C=Nc2ccc(Br)cc21.CN(CCO)c1ccc2c(c1)C(C)(C)C(C=O)=N2.NCc1ccc(COc2nc(N)nc3nc[nH]c23)cc1.[C-]#[N+]/C(=C\C1=Nc2ccc(N(C)CCO)cc2C1(C)C)C(=O)OC(C)(C)C.[C-]#[N+]/C(=C\C1=Nc2ccc(N(C)CCOC(=O)NCc3ccc(COc4nc(N)nc5nc[nH]c45)cc3)cc2C1(C)C)C(=O)OC(C)(C)C. The van der Waals surface area contributed by atoms with Gasteiger partial charge in [0.15, 0.2) is 23.9 Å². The molecule has 0 spiro atoms. The lowest BCUT2D eigenvalue weighted by atomic mass is 9.81. The third-order valence-electron chi connectivity index (χ3n) is 23.4. The van der Waals surface area contributed by atoms with Crippen LogP contribution in [0.15, 0.2) is 210 Å². The van der Waals surface area contributed by atoms with Crippen molar-refractivity contribution in [3.8, 4) is 11.8 Å². The second-order valence-electron chi connectivity index (χ2n) is 38.0.